The van der Waals surface area contributed by atoms with Crippen molar-refractivity contribution in [3.8, 4) is 0 Å². The number of fused-ring (bicyclic) bond motifs is 2. The molecular formula is C18H30NO+. The van der Waals surface area contributed by atoms with Gasteiger partial charge in [0.1, 0.15) is 6.54 Å². The zero-order chi connectivity index (χ0) is 14.5. The lowest BCUT2D eigenvalue weighted by Gasteiger charge is -2.49. The van der Waals surface area contributed by atoms with Crippen LogP contribution < -0.4 is 0 Å². The van der Waals surface area contributed by atoms with E-state index in [0.717, 1.165) is 23.6 Å². The average molecular weight is 276 g/mol. The highest BCUT2D eigenvalue weighted by Gasteiger charge is 2.45. The fourth-order valence-electron chi connectivity index (χ4n) is 4.73. The van der Waals surface area contributed by atoms with Crippen molar-refractivity contribution in [1.29, 1.82) is 0 Å². The Bertz CT molecular complexity index is 448. The standard InChI is InChI=1S/C18H30NO/c1-12-9-13(2)17-14(3)16(12)11-20-18(17)15-7-6-8-19(4,5)10-15/h7,9,12,14,16-18H,6,8,10-11H2,1-5H3/q+1/t12-,14+,16-,17+,18+/m1/s1. The van der Waals surface area contributed by atoms with E-state index in [4.69, 9.17) is 4.74 Å². The summed E-state index contributed by atoms with van der Waals surface area (Å²) in [7, 11) is 4.68. The Hall–Kier alpha value is -0.600. The van der Waals surface area contributed by atoms with Gasteiger partial charge in [-0.2, -0.15) is 0 Å². The third-order valence-electron chi connectivity index (χ3n) is 5.88. The van der Waals surface area contributed by atoms with Crippen molar-refractivity contribution in [2.75, 3.05) is 33.8 Å². The molecule has 0 saturated carbocycles. The van der Waals surface area contributed by atoms with Gasteiger partial charge in [-0.25, -0.2) is 0 Å². The maximum Gasteiger partial charge on any atom is 0.102 e. The number of allylic oxidation sites excluding steroid dienone is 1. The molecule has 0 N–H and O–H groups in total. The maximum absolute atomic E-state index is 6.37. The smallest absolute Gasteiger partial charge is 0.102 e. The minimum Gasteiger partial charge on any atom is -0.373 e. The van der Waals surface area contributed by atoms with Crippen LogP contribution in [0.1, 0.15) is 27.2 Å². The van der Waals surface area contributed by atoms with E-state index in [1.165, 1.54) is 13.0 Å². The molecule has 20 heavy (non-hydrogen) atoms. The van der Waals surface area contributed by atoms with Gasteiger partial charge in [0.25, 0.3) is 0 Å². The molecule has 112 valence electrons. The molecule has 0 amide bonds. The second kappa shape index (κ2) is 4.99. The van der Waals surface area contributed by atoms with Crippen LogP contribution in [-0.2, 0) is 4.74 Å². The third kappa shape index (κ3) is 2.37. The lowest BCUT2D eigenvalue weighted by atomic mass is 9.64. The molecule has 0 aromatic rings. The van der Waals surface area contributed by atoms with Crippen LogP contribution >= 0.6 is 0 Å². The van der Waals surface area contributed by atoms with E-state index in [2.05, 4.69) is 47.0 Å². The second-order valence-corrected chi connectivity index (χ2v) is 7.96. The molecule has 5 atom stereocenters. The zero-order valence-electron chi connectivity index (χ0n) is 13.7. The fourth-order valence-corrected chi connectivity index (χ4v) is 4.73. The minimum absolute atomic E-state index is 0.336. The van der Waals surface area contributed by atoms with Gasteiger partial charge in [0.15, 0.2) is 0 Å². The molecule has 2 heterocycles. The van der Waals surface area contributed by atoms with Crippen LogP contribution in [0, 0.1) is 23.7 Å². The van der Waals surface area contributed by atoms with Crippen molar-refractivity contribution in [2.45, 2.75) is 33.3 Å². The Labute approximate surface area is 124 Å². The molecule has 2 nitrogen and oxygen atoms in total. The number of nitrogens with zero attached hydrogens (tertiary/aromatic N) is 1. The Balaban J connectivity index is 1.88. The molecule has 3 rings (SSSR count). The molecule has 1 aliphatic carbocycles. The first-order valence-electron chi connectivity index (χ1n) is 8.20. The van der Waals surface area contributed by atoms with E-state index in [1.807, 2.05) is 0 Å². The molecule has 0 radical (unpaired) electrons. The predicted molar refractivity (Wildman–Crippen MR) is 83.3 cm³/mol. The Kier molecular flexibility index (Phi) is 3.58. The molecule has 0 aromatic heterocycles. The summed E-state index contributed by atoms with van der Waals surface area (Å²) in [5.41, 5.74) is 3.11. The lowest BCUT2D eigenvalue weighted by Crippen LogP contribution is -2.51. The molecule has 1 fully saturated rings. The first-order valence-corrected chi connectivity index (χ1v) is 8.20. The molecule has 2 heteroatoms. The highest BCUT2D eigenvalue weighted by atomic mass is 16.5. The second-order valence-electron chi connectivity index (χ2n) is 7.96. The Morgan fingerprint density at radius 2 is 2.00 bits per heavy atom. The van der Waals surface area contributed by atoms with Gasteiger partial charge in [-0.3, -0.25) is 0 Å². The van der Waals surface area contributed by atoms with Crippen molar-refractivity contribution in [1.82, 2.24) is 0 Å². The number of hydrogen-bond acceptors (Lipinski definition) is 1. The van der Waals surface area contributed by atoms with E-state index >= 15 is 0 Å². The summed E-state index contributed by atoms with van der Waals surface area (Å²) >= 11 is 0. The number of rotatable bonds is 1. The normalized spacial score (nSPS) is 43.8. The topological polar surface area (TPSA) is 9.23 Å². The monoisotopic (exact) mass is 276 g/mol. The highest BCUT2D eigenvalue weighted by Crippen LogP contribution is 2.46. The lowest BCUT2D eigenvalue weighted by molar-refractivity contribution is -0.887. The molecule has 0 spiro atoms. The third-order valence-corrected chi connectivity index (χ3v) is 5.88. The Morgan fingerprint density at radius 1 is 1.25 bits per heavy atom. The van der Waals surface area contributed by atoms with Crippen molar-refractivity contribution in [3.63, 3.8) is 0 Å². The van der Waals surface area contributed by atoms with Gasteiger partial charge >= 0.3 is 0 Å². The van der Waals surface area contributed by atoms with Crippen LogP contribution in [-0.4, -0.2) is 44.4 Å². The van der Waals surface area contributed by atoms with Crippen molar-refractivity contribution in [2.24, 2.45) is 23.7 Å². The van der Waals surface area contributed by atoms with Gasteiger partial charge < -0.3 is 9.22 Å². The molecule has 2 aliphatic heterocycles. The van der Waals surface area contributed by atoms with Gasteiger partial charge in [-0.05, 0) is 24.7 Å². The van der Waals surface area contributed by atoms with Crippen molar-refractivity contribution in [3.05, 3.63) is 23.3 Å². The van der Waals surface area contributed by atoms with E-state index in [0.29, 0.717) is 23.9 Å². The van der Waals surface area contributed by atoms with E-state index in [1.54, 1.807) is 11.1 Å². The number of quaternary nitrogens is 1. The summed E-state index contributed by atoms with van der Waals surface area (Å²) in [6.07, 6.45) is 6.51. The van der Waals surface area contributed by atoms with Gasteiger partial charge in [-0.1, -0.05) is 31.6 Å². The van der Waals surface area contributed by atoms with Crippen LogP contribution in [0.4, 0.5) is 0 Å². The molecule has 3 aliphatic rings. The summed E-state index contributed by atoms with van der Waals surface area (Å²) in [4.78, 5) is 0. The summed E-state index contributed by atoms with van der Waals surface area (Å²) in [6, 6.07) is 0. The number of ether oxygens (including phenoxy) is 1. The minimum atomic E-state index is 0.336. The predicted octanol–water partition coefficient (Wildman–Crippen LogP) is 3.26. The Morgan fingerprint density at radius 3 is 2.70 bits per heavy atom. The van der Waals surface area contributed by atoms with E-state index in [9.17, 15) is 0 Å². The van der Waals surface area contributed by atoms with Gasteiger partial charge in [0.05, 0.1) is 33.4 Å². The van der Waals surface area contributed by atoms with Crippen molar-refractivity contribution >= 4 is 0 Å². The van der Waals surface area contributed by atoms with Crippen LogP contribution in [0.25, 0.3) is 0 Å². The molecule has 0 aromatic carbocycles. The van der Waals surface area contributed by atoms with Gasteiger partial charge in [0.2, 0.25) is 0 Å². The summed E-state index contributed by atoms with van der Waals surface area (Å²) in [5.74, 6) is 2.75. The first kappa shape index (κ1) is 14.3. The quantitative estimate of drug-likeness (QED) is 0.528. The van der Waals surface area contributed by atoms with Crippen LogP contribution in [0.2, 0.25) is 0 Å². The van der Waals surface area contributed by atoms with E-state index < -0.39 is 0 Å². The van der Waals surface area contributed by atoms with Crippen LogP contribution in [0.5, 0.6) is 0 Å². The summed E-state index contributed by atoms with van der Waals surface area (Å²) < 4.78 is 7.48. The molecule has 0 unspecified atom stereocenters. The van der Waals surface area contributed by atoms with Crippen LogP contribution in [0.3, 0.4) is 0 Å². The highest BCUT2D eigenvalue weighted by molar-refractivity contribution is 5.24. The van der Waals surface area contributed by atoms with Crippen molar-refractivity contribution < 1.29 is 9.22 Å². The van der Waals surface area contributed by atoms with Gasteiger partial charge in [0, 0.05) is 17.9 Å². The summed E-state index contributed by atoms with van der Waals surface area (Å²) in [5, 5.41) is 0. The molecule has 2 bridgehead atoms. The zero-order valence-corrected chi connectivity index (χ0v) is 13.7. The SMILES string of the molecule is CC1=C[C@@H](C)[C@H]2CO[C@@H](C3=CCC[N+](C)(C)C3)[C@@H]1[C@H]2C. The summed E-state index contributed by atoms with van der Waals surface area (Å²) in [6.45, 7) is 10.5. The number of hydrogen-bond donors (Lipinski definition) is 0. The fraction of sp³-hybridized carbons (Fsp3) is 0.778. The molecule has 1 saturated heterocycles. The average Bonchev–Trinajstić information content (AvgIpc) is 2.34. The maximum atomic E-state index is 6.37. The largest absolute Gasteiger partial charge is 0.373 e. The molecular weight excluding hydrogens is 246 g/mol. The first-order chi connectivity index (χ1) is 9.39. The van der Waals surface area contributed by atoms with E-state index in [-0.39, 0.29) is 0 Å². The number of likely N-dealkylation sites (N-methyl/N-ethyl adjacent to an activating group) is 1. The van der Waals surface area contributed by atoms with Crippen LogP contribution in [0.15, 0.2) is 23.3 Å². The van der Waals surface area contributed by atoms with Gasteiger partial charge in [-0.15, -0.1) is 0 Å².